The quantitative estimate of drug-likeness (QED) is 0.677. The number of hydrogen-bond donors (Lipinski definition) is 1. The van der Waals surface area contributed by atoms with Crippen LogP contribution < -0.4 is 5.32 Å². The van der Waals surface area contributed by atoms with Gasteiger partial charge in [-0.1, -0.05) is 12.5 Å². The van der Waals surface area contributed by atoms with Crippen molar-refractivity contribution in [2.24, 2.45) is 0 Å². The number of likely N-dealkylation sites (tertiary alicyclic amines) is 1. The third-order valence-electron chi connectivity index (χ3n) is 3.14. The zero-order valence-corrected chi connectivity index (χ0v) is 9.63. The van der Waals surface area contributed by atoms with Crippen LogP contribution in [0.5, 0.6) is 0 Å². The summed E-state index contributed by atoms with van der Waals surface area (Å²) in [5, 5.41) is 3.57. The highest BCUT2D eigenvalue weighted by molar-refractivity contribution is 4.80. The second-order valence-corrected chi connectivity index (χ2v) is 4.46. The zero-order chi connectivity index (χ0) is 10.4. The van der Waals surface area contributed by atoms with Gasteiger partial charge in [-0.3, -0.25) is 0 Å². The lowest BCUT2D eigenvalue weighted by Crippen LogP contribution is -2.45. The van der Waals surface area contributed by atoms with E-state index < -0.39 is 0 Å². The molecule has 0 spiro atoms. The van der Waals surface area contributed by atoms with E-state index in [0.29, 0.717) is 6.04 Å². The molecule has 0 aromatic rings. The summed E-state index contributed by atoms with van der Waals surface area (Å²) in [4.78, 5) is 2.48. The van der Waals surface area contributed by atoms with E-state index in [1.165, 1.54) is 25.8 Å². The second-order valence-electron chi connectivity index (χ2n) is 4.46. The second kappa shape index (κ2) is 6.20. The van der Waals surface area contributed by atoms with Crippen molar-refractivity contribution < 1.29 is 0 Å². The molecule has 1 rings (SSSR count). The van der Waals surface area contributed by atoms with E-state index in [1.807, 2.05) is 6.08 Å². The van der Waals surface area contributed by atoms with Gasteiger partial charge in [-0.2, -0.15) is 0 Å². The van der Waals surface area contributed by atoms with Crippen molar-refractivity contribution in [3.63, 3.8) is 0 Å². The van der Waals surface area contributed by atoms with Crippen molar-refractivity contribution in [3.05, 3.63) is 12.7 Å². The molecule has 0 amide bonds. The average molecular weight is 196 g/mol. The SMILES string of the molecule is C=CCC(C)NCC1CCCCN1C. The average Bonchev–Trinajstić information content (AvgIpc) is 2.17. The van der Waals surface area contributed by atoms with Gasteiger partial charge in [0.25, 0.3) is 0 Å². The lowest BCUT2D eigenvalue weighted by molar-refractivity contribution is 0.178. The highest BCUT2D eigenvalue weighted by atomic mass is 15.2. The van der Waals surface area contributed by atoms with Crippen LogP contribution in [0.3, 0.4) is 0 Å². The topological polar surface area (TPSA) is 15.3 Å². The minimum absolute atomic E-state index is 0.572. The predicted octanol–water partition coefficient (Wildman–Crippen LogP) is 2.02. The smallest absolute Gasteiger partial charge is 0.0217 e. The maximum absolute atomic E-state index is 3.76. The monoisotopic (exact) mass is 196 g/mol. The summed E-state index contributed by atoms with van der Waals surface area (Å²) in [6.07, 6.45) is 7.17. The fourth-order valence-electron chi connectivity index (χ4n) is 2.07. The number of nitrogens with one attached hydrogen (secondary N) is 1. The normalized spacial score (nSPS) is 26.0. The van der Waals surface area contributed by atoms with Crippen molar-refractivity contribution in [3.8, 4) is 0 Å². The number of likely N-dealkylation sites (N-methyl/N-ethyl adjacent to an activating group) is 1. The van der Waals surface area contributed by atoms with Gasteiger partial charge in [0.1, 0.15) is 0 Å². The number of nitrogens with zero attached hydrogens (tertiary/aromatic N) is 1. The molecular weight excluding hydrogens is 172 g/mol. The van der Waals surface area contributed by atoms with Gasteiger partial charge in [0.15, 0.2) is 0 Å². The zero-order valence-electron chi connectivity index (χ0n) is 9.63. The molecule has 1 heterocycles. The van der Waals surface area contributed by atoms with Crippen molar-refractivity contribution in [2.45, 2.75) is 44.7 Å². The molecule has 0 radical (unpaired) electrons. The molecule has 1 saturated heterocycles. The van der Waals surface area contributed by atoms with Gasteiger partial charge in [0, 0.05) is 18.6 Å². The van der Waals surface area contributed by atoms with Crippen LogP contribution in [0.1, 0.15) is 32.6 Å². The molecule has 0 aromatic carbocycles. The molecule has 1 N–H and O–H groups in total. The Morgan fingerprint density at radius 3 is 3.00 bits per heavy atom. The number of rotatable bonds is 5. The van der Waals surface area contributed by atoms with Crippen molar-refractivity contribution in [2.75, 3.05) is 20.1 Å². The van der Waals surface area contributed by atoms with Crippen LogP contribution in [0, 0.1) is 0 Å². The summed E-state index contributed by atoms with van der Waals surface area (Å²) in [5.41, 5.74) is 0. The molecule has 14 heavy (non-hydrogen) atoms. The molecule has 2 heteroatoms. The van der Waals surface area contributed by atoms with Crippen molar-refractivity contribution >= 4 is 0 Å². The molecule has 1 aliphatic rings. The van der Waals surface area contributed by atoms with Gasteiger partial charge in [-0.25, -0.2) is 0 Å². The van der Waals surface area contributed by atoms with Crippen LogP contribution in [0.4, 0.5) is 0 Å². The minimum atomic E-state index is 0.572. The van der Waals surface area contributed by atoms with Gasteiger partial charge >= 0.3 is 0 Å². The molecule has 1 fully saturated rings. The first-order valence-electron chi connectivity index (χ1n) is 5.78. The third-order valence-corrected chi connectivity index (χ3v) is 3.14. The van der Waals surface area contributed by atoms with E-state index in [1.54, 1.807) is 0 Å². The molecular formula is C12H24N2. The van der Waals surface area contributed by atoms with Gasteiger partial charge in [-0.05, 0) is 39.8 Å². The largest absolute Gasteiger partial charge is 0.312 e. The highest BCUT2D eigenvalue weighted by Gasteiger charge is 2.18. The maximum atomic E-state index is 3.76. The molecule has 0 aromatic heterocycles. The van der Waals surface area contributed by atoms with Crippen LogP contribution in [-0.4, -0.2) is 37.1 Å². The number of hydrogen-bond acceptors (Lipinski definition) is 2. The van der Waals surface area contributed by atoms with Gasteiger partial charge in [-0.15, -0.1) is 6.58 Å². The highest BCUT2D eigenvalue weighted by Crippen LogP contribution is 2.14. The van der Waals surface area contributed by atoms with E-state index in [4.69, 9.17) is 0 Å². The van der Waals surface area contributed by atoms with Crippen LogP contribution in [0.15, 0.2) is 12.7 Å². The Kier molecular flexibility index (Phi) is 5.20. The Bertz CT molecular complexity index is 168. The first-order chi connectivity index (χ1) is 6.74. The Balaban J connectivity index is 2.18. The lowest BCUT2D eigenvalue weighted by atomic mass is 10.0. The Morgan fingerprint density at radius 1 is 1.57 bits per heavy atom. The molecule has 0 bridgehead atoms. The van der Waals surface area contributed by atoms with Gasteiger partial charge in [0.2, 0.25) is 0 Å². The van der Waals surface area contributed by atoms with E-state index in [0.717, 1.165) is 19.0 Å². The Labute approximate surface area is 88.4 Å². The first-order valence-corrected chi connectivity index (χ1v) is 5.78. The Hall–Kier alpha value is -0.340. The molecule has 2 unspecified atom stereocenters. The lowest BCUT2D eigenvalue weighted by Gasteiger charge is -2.33. The fraction of sp³-hybridized carbons (Fsp3) is 0.833. The molecule has 82 valence electrons. The van der Waals surface area contributed by atoms with Crippen LogP contribution in [0.2, 0.25) is 0 Å². The third kappa shape index (κ3) is 3.81. The van der Waals surface area contributed by atoms with Gasteiger partial charge < -0.3 is 10.2 Å². The summed E-state index contributed by atoms with van der Waals surface area (Å²) in [6.45, 7) is 8.38. The summed E-state index contributed by atoms with van der Waals surface area (Å²) in [6, 6.07) is 1.32. The summed E-state index contributed by atoms with van der Waals surface area (Å²) >= 11 is 0. The van der Waals surface area contributed by atoms with E-state index >= 15 is 0 Å². The Morgan fingerprint density at radius 2 is 2.36 bits per heavy atom. The molecule has 2 nitrogen and oxygen atoms in total. The predicted molar refractivity (Wildman–Crippen MR) is 62.5 cm³/mol. The standard InChI is InChI=1S/C12H24N2/c1-4-7-11(2)13-10-12-8-5-6-9-14(12)3/h4,11-13H,1,5-10H2,2-3H3. The fourth-order valence-corrected chi connectivity index (χ4v) is 2.07. The minimum Gasteiger partial charge on any atom is -0.312 e. The summed E-state index contributed by atoms with van der Waals surface area (Å²) < 4.78 is 0. The first kappa shape index (κ1) is 11.7. The molecule has 0 aliphatic carbocycles. The number of piperidine rings is 1. The maximum Gasteiger partial charge on any atom is 0.0217 e. The van der Waals surface area contributed by atoms with Crippen LogP contribution in [-0.2, 0) is 0 Å². The molecule has 0 saturated carbocycles. The van der Waals surface area contributed by atoms with Crippen LogP contribution in [0.25, 0.3) is 0 Å². The summed E-state index contributed by atoms with van der Waals surface area (Å²) in [5.74, 6) is 0. The molecule has 2 atom stereocenters. The van der Waals surface area contributed by atoms with Crippen molar-refractivity contribution in [1.29, 1.82) is 0 Å². The van der Waals surface area contributed by atoms with E-state index in [9.17, 15) is 0 Å². The molecule has 1 aliphatic heterocycles. The van der Waals surface area contributed by atoms with Crippen molar-refractivity contribution in [1.82, 2.24) is 10.2 Å². The summed E-state index contributed by atoms with van der Waals surface area (Å²) in [7, 11) is 2.24. The van der Waals surface area contributed by atoms with Gasteiger partial charge in [0.05, 0.1) is 0 Å². The van der Waals surface area contributed by atoms with E-state index in [-0.39, 0.29) is 0 Å². The van der Waals surface area contributed by atoms with Crippen LogP contribution >= 0.6 is 0 Å². The van der Waals surface area contributed by atoms with E-state index in [2.05, 4.69) is 30.8 Å².